The summed E-state index contributed by atoms with van der Waals surface area (Å²) in [4.78, 5) is 0. The lowest BCUT2D eigenvalue weighted by molar-refractivity contribution is 0.606. The Labute approximate surface area is 85.3 Å². The zero-order valence-corrected chi connectivity index (χ0v) is 9.90. The van der Waals surface area contributed by atoms with E-state index in [0.29, 0.717) is 10.3 Å². The number of hydrogen-bond acceptors (Lipinski definition) is 3. The van der Waals surface area contributed by atoms with E-state index in [1.54, 1.807) is 14.0 Å². The topological polar surface area (TPSA) is 64.0 Å². The first-order valence-electron chi connectivity index (χ1n) is 3.48. The van der Waals surface area contributed by atoms with E-state index >= 15 is 0 Å². The van der Waals surface area contributed by atoms with E-state index in [0.717, 1.165) is 11.9 Å². The van der Waals surface area contributed by atoms with E-state index in [1.165, 1.54) is 4.68 Å². The Morgan fingerprint density at radius 2 is 2.08 bits per heavy atom. The van der Waals surface area contributed by atoms with E-state index < -0.39 is 10.0 Å². The summed E-state index contributed by atoms with van der Waals surface area (Å²) in [6.07, 6.45) is 1.10. The van der Waals surface area contributed by atoms with E-state index in [2.05, 4.69) is 25.8 Å². The largest absolute Gasteiger partial charge is 0.267 e. The highest BCUT2D eigenvalue weighted by Gasteiger charge is 2.13. The van der Waals surface area contributed by atoms with Crippen molar-refractivity contribution in [2.45, 2.75) is 6.92 Å². The number of sulfonamides is 1. The Morgan fingerprint density at radius 3 is 2.38 bits per heavy atom. The molecule has 0 bridgehead atoms. The van der Waals surface area contributed by atoms with Crippen LogP contribution in [0.4, 0.5) is 5.82 Å². The van der Waals surface area contributed by atoms with Crippen LogP contribution in [0.3, 0.4) is 0 Å². The molecule has 1 aromatic rings. The highest BCUT2D eigenvalue weighted by molar-refractivity contribution is 9.10. The third kappa shape index (κ3) is 2.44. The van der Waals surface area contributed by atoms with Crippen molar-refractivity contribution >= 4 is 31.8 Å². The fourth-order valence-corrected chi connectivity index (χ4v) is 2.07. The SMILES string of the molecule is Cc1nn(C)c(NS(C)(=O)=O)c1Br. The number of anilines is 1. The minimum Gasteiger partial charge on any atom is -0.267 e. The highest BCUT2D eigenvalue weighted by atomic mass is 79.9. The maximum absolute atomic E-state index is 10.9. The summed E-state index contributed by atoms with van der Waals surface area (Å²) in [7, 11) is -1.58. The van der Waals surface area contributed by atoms with Gasteiger partial charge in [0.05, 0.1) is 16.4 Å². The lowest BCUT2D eigenvalue weighted by Crippen LogP contribution is -2.13. The van der Waals surface area contributed by atoms with Crippen molar-refractivity contribution in [3.8, 4) is 0 Å². The second-order valence-electron chi connectivity index (χ2n) is 2.75. The molecule has 1 N–H and O–H groups in total. The molecule has 1 aromatic heterocycles. The van der Waals surface area contributed by atoms with Crippen LogP contribution >= 0.6 is 15.9 Å². The monoisotopic (exact) mass is 267 g/mol. The van der Waals surface area contributed by atoms with Gasteiger partial charge in [0.25, 0.3) is 0 Å². The lowest BCUT2D eigenvalue weighted by Gasteiger charge is -2.03. The predicted molar refractivity (Wildman–Crippen MR) is 54.1 cm³/mol. The molecule has 1 rings (SSSR count). The summed E-state index contributed by atoms with van der Waals surface area (Å²) in [6.45, 7) is 1.79. The molecule has 0 saturated heterocycles. The molecule has 7 heteroatoms. The van der Waals surface area contributed by atoms with Crippen molar-refractivity contribution in [1.29, 1.82) is 0 Å². The van der Waals surface area contributed by atoms with Gasteiger partial charge in [-0.3, -0.25) is 9.40 Å². The van der Waals surface area contributed by atoms with Crippen molar-refractivity contribution < 1.29 is 8.42 Å². The second-order valence-corrected chi connectivity index (χ2v) is 5.29. The minimum absolute atomic E-state index is 0.444. The zero-order chi connectivity index (χ0) is 10.2. The van der Waals surface area contributed by atoms with Crippen LogP contribution in [0.2, 0.25) is 0 Å². The number of aryl methyl sites for hydroxylation is 2. The fourth-order valence-electron chi connectivity index (χ4n) is 0.919. The van der Waals surface area contributed by atoms with E-state index in [1.807, 2.05) is 0 Å². The highest BCUT2D eigenvalue weighted by Crippen LogP contribution is 2.25. The van der Waals surface area contributed by atoms with Crippen LogP contribution in [0.15, 0.2) is 4.47 Å². The van der Waals surface area contributed by atoms with Gasteiger partial charge in [-0.25, -0.2) is 8.42 Å². The van der Waals surface area contributed by atoms with Gasteiger partial charge in [0.15, 0.2) is 5.82 Å². The standard InChI is InChI=1S/C6H10BrN3O2S/c1-4-5(7)6(10(2)8-4)9-13(3,11)12/h9H,1-3H3. The maximum atomic E-state index is 10.9. The molecule has 5 nitrogen and oxygen atoms in total. The minimum atomic E-state index is -3.25. The summed E-state index contributed by atoms with van der Waals surface area (Å²) in [5.74, 6) is 0.444. The average molecular weight is 268 g/mol. The van der Waals surface area contributed by atoms with Crippen LogP contribution in [-0.2, 0) is 17.1 Å². The Kier molecular flexibility index (Phi) is 2.67. The molecule has 0 spiro atoms. The molecule has 0 aliphatic rings. The van der Waals surface area contributed by atoms with E-state index in [9.17, 15) is 8.42 Å². The normalized spacial score (nSPS) is 11.7. The first-order chi connectivity index (χ1) is 5.81. The third-order valence-electron chi connectivity index (χ3n) is 1.43. The number of rotatable bonds is 2. The number of aromatic nitrogens is 2. The van der Waals surface area contributed by atoms with Gasteiger partial charge in [-0.15, -0.1) is 0 Å². The second kappa shape index (κ2) is 3.30. The van der Waals surface area contributed by atoms with Crippen molar-refractivity contribution in [3.63, 3.8) is 0 Å². The van der Waals surface area contributed by atoms with Gasteiger partial charge in [0, 0.05) is 7.05 Å². The van der Waals surface area contributed by atoms with Crippen LogP contribution in [0.25, 0.3) is 0 Å². The van der Waals surface area contributed by atoms with Gasteiger partial charge in [0.1, 0.15) is 0 Å². The first-order valence-corrected chi connectivity index (χ1v) is 6.16. The Balaban J connectivity index is 3.15. The zero-order valence-electron chi connectivity index (χ0n) is 7.50. The van der Waals surface area contributed by atoms with E-state index in [-0.39, 0.29) is 0 Å². The molecule has 74 valence electrons. The van der Waals surface area contributed by atoms with Gasteiger partial charge in [0.2, 0.25) is 10.0 Å². The molecule has 0 radical (unpaired) electrons. The molecule has 0 aliphatic heterocycles. The molecule has 0 saturated carbocycles. The molecule has 0 aromatic carbocycles. The van der Waals surface area contributed by atoms with Gasteiger partial charge in [-0.05, 0) is 22.9 Å². The fraction of sp³-hybridized carbons (Fsp3) is 0.500. The van der Waals surface area contributed by atoms with Crippen LogP contribution in [0.5, 0.6) is 0 Å². The van der Waals surface area contributed by atoms with Gasteiger partial charge < -0.3 is 0 Å². The molecule has 13 heavy (non-hydrogen) atoms. The maximum Gasteiger partial charge on any atom is 0.230 e. The quantitative estimate of drug-likeness (QED) is 0.865. The van der Waals surface area contributed by atoms with Crippen molar-refractivity contribution in [2.24, 2.45) is 7.05 Å². The first kappa shape index (κ1) is 10.5. The Morgan fingerprint density at radius 1 is 1.54 bits per heavy atom. The summed E-state index contributed by atoms with van der Waals surface area (Å²) in [5, 5.41) is 4.04. The van der Waals surface area contributed by atoms with Crippen LogP contribution in [0.1, 0.15) is 5.69 Å². The average Bonchev–Trinajstić information content (AvgIpc) is 2.14. The predicted octanol–water partition coefficient (Wildman–Crippen LogP) is 0.863. The smallest absolute Gasteiger partial charge is 0.230 e. The van der Waals surface area contributed by atoms with Crippen molar-refractivity contribution in [2.75, 3.05) is 11.0 Å². The summed E-state index contributed by atoms with van der Waals surface area (Å²) >= 11 is 3.24. The molecule has 0 aliphatic carbocycles. The van der Waals surface area contributed by atoms with Gasteiger partial charge in [-0.2, -0.15) is 5.10 Å². The number of halogens is 1. The molecular formula is C6H10BrN3O2S. The van der Waals surface area contributed by atoms with Crippen molar-refractivity contribution in [3.05, 3.63) is 10.2 Å². The van der Waals surface area contributed by atoms with Gasteiger partial charge >= 0.3 is 0 Å². The van der Waals surface area contributed by atoms with Gasteiger partial charge in [-0.1, -0.05) is 0 Å². The Hall–Kier alpha value is -0.560. The number of hydrogen-bond donors (Lipinski definition) is 1. The van der Waals surface area contributed by atoms with E-state index in [4.69, 9.17) is 0 Å². The molecule has 0 amide bonds. The molecule has 0 unspecified atom stereocenters. The molecule has 0 atom stereocenters. The molecule has 1 heterocycles. The summed E-state index contributed by atoms with van der Waals surface area (Å²) in [6, 6.07) is 0. The summed E-state index contributed by atoms with van der Waals surface area (Å²) < 4.78 is 26.4. The van der Waals surface area contributed by atoms with Crippen LogP contribution < -0.4 is 4.72 Å². The Bertz CT molecular complexity index is 423. The lowest BCUT2D eigenvalue weighted by atomic mass is 10.5. The third-order valence-corrected chi connectivity index (χ3v) is 2.94. The van der Waals surface area contributed by atoms with Crippen LogP contribution in [0, 0.1) is 6.92 Å². The molecule has 0 fully saturated rings. The van der Waals surface area contributed by atoms with Crippen LogP contribution in [-0.4, -0.2) is 24.5 Å². The number of nitrogens with one attached hydrogen (secondary N) is 1. The number of nitrogens with zero attached hydrogens (tertiary/aromatic N) is 2. The summed E-state index contributed by atoms with van der Waals surface area (Å²) in [5.41, 5.74) is 0.744. The molecular weight excluding hydrogens is 258 g/mol. The van der Waals surface area contributed by atoms with Crippen molar-refractivity contribution in [1.82, 2.24) is 9.78 Å².